The summed E-state index contributed by atoms with van der Waals surface area (Å²) >= 11 is 1.53. The molecule has 2 heterocycles. The molecule has 0 unspecified atom stereocenters. The lowest BCUT2D eigenvalue weighted by Crippen LogP contribution is -1.97. The van der Waals surface area contributed by atoms with Crippen LogP contribution in [0.25, 0.3) is 15.5 Å². The minimum absolute atomic E-state index is 0.301. The Labute approximate surface area is 114 Å². The first-order valence-corrected chi connectivity index (χ1v) is 6.87. The van der Waals surface area contributed by atoms with E-state index in [2.05, 4.69) is 29.1 Å². The van der Waals surface area contributed by atoms with Crippen molar-refractivity contribution in [2.75, 3.05) is 7.11 Å². The fourth-order valence-electron chi connectivity index (χ4n) is 1.86. The highest BCUT2D eigenvalue weighted by Crippen LogP contribution is 2.28. The number of aromatic nitrogens is 4. The van der Waals surface area contributed by atoms with Crippen LogP contribution in [0.4, 0.5) is 0 Å². The fourth-order valence-corrected chi connectivity index (χ4v) is 2.71. The normalized spacial score (nSPS) is 11.4. The molecule has 0 saturated carbocycles. The predicted molar refractivity (Wildman–Crippen MR) is 74.7 cm³/mol. The van der Waals surface area contributed by atoms with Gasteiger partial charge in [0.15, 0.2) is 5.82 Å². The number of rotatable bonds is 3. The average Bonchev–Trinajstić information content (AvgIpc) is 2.98. The molecule has 19 heavy (non-hydrogen) atoms. The van der Waals surface area contributed by atoms with Gasteiger partial charge in [0.1, 0.15) is 10.8 Å². The average molecular weight is 274 g/mol. The lowest BCUT2D eigenvalue weighted by Gasteiger charge is -2.01. The molecule has 3 rings (SSSR count). The molecule has 1 aromatic carbocycles. The van der Waals surface area contributed by atoms with Crippen LogP contribution in [0, 0.1) is 0 Å². The molecular formula is C13H14N4OS. The smallest absolute Gasteiger partial charge is 0.234 e. The number of hydrogen-bond donors (Lipinski definition) is 0. The Balaban J connectivity index is 2.10. The van der Waals surface area contributed by atoms with Crippen molar-refractivity contribution in [1.82, 2.24) is 19.8 Å². The first-order valence-electron chi connectivity index (χ1n) is 6.05. The van der Waals surface area contributed by atoms with Gasteiger partial charge in [0, 0.05) is 11.5 Å². The maximum absolute atomic E-state index is 5.24. The van der Waals surface area contributed by atoms with Gasteiger partial charge in [-0.05, 0) is 12.1 Å². The number of fused-ring (bicyclic) bond motifs is 1. The maximum Gasteiger partial charge on any atom is 0.234 e. The van der Waals surface area contributed by atoms with Gasteiger partial charge in [-0.2, -0.15) is 9.61 Å². The summed E-state index contributed by atoms with van der Waals surface area (Å²) in [4.78, 5) is 0.821. The van der Waals surface area contributed by atoms with Crippen LogP contribution in [0.5, 0.6) is 5.75 Å². The van der Waals surface area contributed by atoms with Crippen molar-refractivity contribution >= 4 is 16.3 Å². The molecule has 0 saturated heterocycles. The van der Waals surface area contributed by atoms with E-state index in [1.165, 1.54) is 11.3 Å². The lowest BCUT2D eigenvalue weighted by molar-refractivity contribution is 0.415. The van der Waals surface area contributed by atoms with Gasteiger partial charge in [0.2, 0.25) is 4.96 Å². The van der Waals surface area contributed by atoms with Crippen molar-refractivity contribution in [1.29, 1.82) is 0 Å². The van der Waals surface area contributed by atoms with Gasteiger partial charge >= 0.3 is 0 Å². The van der Waals surface area contributed by atoms with Crippen LogP contribution in [0.1, 0.15) is 25.6 Å². The molecule has 0 radical (unpaired) electrons. The molecule has 0 aliphatic heterocycles. The molecule has 0 bridgehead atoms. The zero-order valence-corrected chi connectivity index (χ0v) is 11.8. The Bertz CT molecular complexity index is 716. The molecular weight excluding hydrogens is 260 g/mol. The van der Waals surface area contributed by atoms with E-state index in [4.69, 9.17) is 4.74 Å². The third-order valence-electron chi connectivity index (χ3n) is 2.85. The molecule has 2 aromatic heterocycles. The quantitative estimate of drug-likeness (QED) is 0.736. The van der Waals surface area contributed by atoms with Gasteiger partial charge in [0.25, 0.3) is 0 Å². The predicted octanol–water partition coefficient (Wildman–Crippen LogP) is 2.98. The molecule has 5 nitrogen and oxygen atoms in total. The molecule has 0 N–H and O–H groups in total. The summed E-state index contributed by atoms with van der Waals surface area (Å²) in [6.07, 6.45) is 0. The molecule has 0 fully saturated rings. The summed E-state index contributed by atoms with van der Waals surface area (Å²) in [6.45, 7) is 4.17. The number of benzene rings is 1. The highest BCUT2D eigenvalue weighted by Gasteiger charge is 2.15. The van der Waals surface area contributed by atoms with Crippen molar-refractivity contribution < 1.29 is 4.74 Å². The largest absolute Gasteiger partial charge is 0.497 e. The second-order valence-corrected chi connectivity index (χ2v) is 5.50. The summed E-state index contributed by atoms with van der Waals surface area (Å²) in [5.74, 6) is 2.02. The highest BCUT2D eigenvalue weighted by molar-refractivity contribution is 7.19. The van der Waals surface area contributed by atoms with Gasteiger partial charge in [-0.3, -0.25) is 0 Å². The molecule has 98 valence electrons. The van der Waals surface area contributed by atoms with Crippen molar-refractivity contribution in [2.45, 2.75) is 19.8 Å². The van der Waals surface area contributed by atoms with Gasteiger partial charge < -0.3 is 4.74 Å². The van der Waals surface area contributed by atoms with E-state index < -0.39 is 0 Å². The Kier molecular flexibility index (Phi) is 2.94. The topological polar surface area (TPSA) is 52.3 Å². The fraction of sp³-hybridized carbons (Fsp3) is 0.308. The summed E-state index contributed by atoms with van der Waals surface area (Å²) in [7, 11) is 1.66. The number of methoxy groups -OCH3 is 1. The van der Waals surface area contributed by atoms with Gasteiger partial charge in [-0.1, -0.05) is 37.3 Å². The molecule has 0 atom stereocenters. The standard InChI is InChI=1S/C13H14N4OS/c1-8(2)11-14-15-13-17(11)16-12(19-13)9-5-4-6-10(7-9)18-3/h4-8H,1-3H3. The van der Waals surface area contributed by atoms with Crippen molar-refractivity contribution in [3.8, 4) is 16.3 Å². The van der Waals surface area contributed by atoms with E-state index in [0.717, 1.165) is 27.1 Å². The molecule has 0 aliphatic rings. The molecule has 3 aromatic rings. The first-order chi connectivity index (χ1) is 9.19. The minimum Gasteiger partial charge on any atom is -0.497 e. The van der Waals surface area contributed by atoms with E-state index in [9.17, 15) is 0 Å². The third-order valence-corrected chi connectivity index (χ3v) is 3.80. The zero-order valence-electron chi connectivity index (χ0n) is 11.0. The first kappa shape index (κ1) is 12.1. The van der Waals surface area contributed by atoms with E-state index in [1.54, 1.807) is 7.11 Å². The van der Waals surface area contributed by atoms with Crippen LogP contribution in [0.3, 0.4) is 0 Å². The summed E-state index contributed by atoms with van der Waals surface area (Å²) in [6, 6.07) is 7.87. The van der Waals surface area contributed by atoms with Crippen LogP contribution in [0.2, 0.25) is 0 Å². The molecule has 0 amide bonds. The monoisotopic (exact) mass is 274 g/mol. The number of ether oxygens (including phenoxy) is 1. The van der Waals surface area contributed by atoms with Crippen molar-refractivity contribution in [3.63, 3.8) is 0 Å². The van der Waals surface area contributed by atoms with Crippen LogP contribution in [-0.2, 0) is 0 Å². The van der Waals surface area contributed by atoms with Gasteiger partial charge in [-0.25, -0.2) is 0 Å². The van der Waals surface area contributed by atoms with Gasteiger partial charge in [0.05, 0.1) is 7.11 Å². The Morgan fingerprint density at radius 1 is 1.26 bits per heavy atom. The molecule has 0 aliphatic carbocycles. The van der Waals surface area contributed by atoms with Gasteiger partial charge in [-0.15, -0.1) is 10.2 Å². The minimum atomic E-state index is 0.301. The van der Waals surface area contributed by atoms with Crippen LogP contribution in [-0.4, -0.2) is 26.9 Å². The van der Waals surface area contributed by atoms with Crippen molar-refractivity contribution in [2.24, 2.45) is 0 Å². The zero-order chi connectivity index (χ0) is 13.4. The van der Waals surface area contributed by atoms with E-state index >= 15 is 0 Å². The SMILES string of the molecule is COc1cccc(-c2nn3c(C(C)C)nnc3s2)c1. The lowest BCUT2D eigenvalue weighted by atomic mass is 10.2. The summed E-state index contributed by atoms with van der Waals surface area (Å²) in [5.41, 5.74) is 1.03. The Morgan fingerprint density at radius 3 is 2.84 bits per heavy atom. The summed E-state index contributed by atoms with van der Waals surface area (Å²) < 4.78 is 7.06. The van der Waals surface area contributed by atoms with Crippen LogP contribution >= 0.6 is 11.3 Å². The second-order valence-electron chi connectivity index (χ2n) is 4.55. The molecule has 6 heteroatoms. The van der Waals surface area contributed by atoms with E-state index in [1.807, 2.05) is 28.8 Å². The maximum atomic E-state index is 5.24. The van der Waals surface area contributed by atoms with Crippen LogP contribution < -0.4 is 4.74 Å². The summed E-state index contributed by atoms with van der Waals surface area (Å²) in [5, 5.41) is 13.8. The van der Waals surface area contributed by atoms with Crippen molar-refractivity contribution in [3.05, 3.63) is 30.1 Å². The van der Waals surface area contributed by atoms with Crippen LogP contribution in [0.15, 0.2) is 24.3 Å². The number of hydrogen-bond acceptors (Lipinski definition) is 5. The highest BCUT2D eigenvalue weighted by atomic mass is 32.1. The van der Waals surface area contributed by atoms with E-state index in [-0.39, 0.29) is 0 Å². The number of nitrogens with zero attached hydrogens (tertiary/aromatic N) is 4. The second kappa shape index (κ2) is 4.62. The Hall–Kier alpha value is -1.95. The molecule has 0 spiro atoms. The Morgan fingerprint density at radius 2 is 2.11 bits per heavy atom. The third kappa shape index (κ3) is 2.08. The van der Waals surface area contributed by atoms with E-state index in [0.29, 0.717) is 5.92 Å².